The van der Waals surface area contributed by atoms with Crippen LogP contribution in [0.1, 0.15) is 33.3 Å². The van der Waals surface area contributed by atoms with E-state index in [-0.39, 0.29) is 32.1 Å². The topological polar surface area (TPSA) is 133 Å². The largest absolute Gasteiger partial charge is 0.599 e. The highest BCUT2D eigenvalue weighted by atomic mass is 16.6. The van der Waals surface area contributed by atoms with Gasteiger partial charge in [0.2, 0.25) is 6.17 Å². The van der Waals surface area contributed by atoms with Crippen LogP contribution in [-0.2, 0) is 18.9 Å². The summed E-state index contributed by atoms with van der Waals surface area (Å²) < 4.78 is 20.3. The Morgan fingerprint density at radius 2 is 1.37 bits per heavy atom. The summed E-state index contributed by atoms with van der Waals surface area (Å²) in [6.45, 7) is 6.44. The molecule has 0 aliphatic carbocycles. The summed E-state index contributed by atoms with van der Waals surface area (Å²) in [6, 6.07) is 17.4. The van der Waals surface area contributed by atoms with Crippen LogP contribution in [0.4, 0.5) is 20.1 Å². The third kappa shape index (κ3) is 6.52. The second-order valence-corrected chi connectivity index (χ2v) is 8.53. The highest BCUT2D eigenvalue weighted by Crippen LogP contribution is 2.39. The lowest BCUT2D eigenvalue weighted by Crippen LogP contribution is -2.70. The Kier molecular flexibility index (Phi) is 10.5. The molecule has 2 unspecified atom stereocenters. The highest BCUT2D eigenvalue weighted by molar-refractivity contribution is 5.88. The van der Waals surface area contributed by atoms with E-state index in [0.29, 0.717) is 11.3 Å². The van der Waals surface area contributed by atoms with Gasteiger partial charge >= 0.3 is 18.3 Å². The number of quaternary nitrogens is 1. The SMILES string of the molecule is CCOC(=O)N1C(c2ccccc2)=CC([N+](C)(c2ccccc2)N(/N=C(\[O-])OCC)C(=O)OCC)N1C(=O)OCC. The molecule has 41 heavy (non-hydrogen) atoms. The molecule has 13 heteroatoms. The number of likely N-dealkylation sites (N-methyl/N-ethyl adjacent to an activating group) is 1. The molecule has 2 aromatic rings. The average Bonchev–Trinajstić information content (AvgIpc) is 3.39. The van der Waals surface area contributed by atoms with E-state index in [1.54, 1.807) is 101 Å². The van der Waals surface area contributed by atoms with Crippen molar-refractivity contribution in [2.45, 2.75) is 33.9 Å². The molecule has 0 bridgehead atoms. The first-order chi connectivity index (χ1) is 19.7. The van der Waals surface area contributed by atoms with E-state index in [0.717, 1.165) is 15.1 Å². The monoisotopic (exact) mass is 569 g/mol. The Hall–Kier alpha value is -4.78. The van der Waals surface area contributed by atoms with Crippen molar-refractivity contribution in [1.82, 2.24) is 19.7 Å². The van der Waals surface area contributed by atoms with Crippen LogP contribution in [0.25, 0.3) is 5.70 Å². The van der Waals surface area contributed by atoms with Gasteiger partial charge in [0.1, 0.15) is 7.05 Å². The van der Waals surface area contributed by atoms with E-state index in [1.807, 2.05) is 0 Å². The van der Waals surface area contributed by atoms with E-state index in [1.165, 1.54) is 0 Å². The highest BCUT2D eigenvalue weighted by Gasteiger charge is 2.56. The molecular formula is C28H35N5O8. The fourth-order valence-electron chi connectivity index (χ4n) is 4.27. The van der Waals surface area contributed by atoms with Gasteiger partial charge in [-0.3, -0.25) is 0 Å². The van der Waals surface area contributed by atoms with Crippen LogP contribution in [0.15, 0.2) is 71.8 Å². The van der Waals surface area contributed by atoms with Gasteiger partial charge in [-0.25, -0.2) is 14.4 Å². The van der Waals surface area contributed by atoms with Crippen molar-refractivity contribution < 1.29 is 38.4 Å². The second-order valence-electron chi connectivity index (χ2n) is 8.53. The molecule has 0 fully saturated rings. The quantitative estimate of drug-likeness (QED) is 0.146. The molecule has 1 heterocycles. The van der Waals surface area contributed by atoms with Crippen molar-refractivity contribution in [2.24, 2.45) is 5.10 Å². The Balaban J connectivity index is 2.39. The van der Waals surface area contributed by atoms with Crippen LogP contribution < -0.4 is 9.70 Å². The van der Waals surface area contributed by atoms with Gasteiger partial charge in [0.05, 0.1) is 25.5 Å². The molecule has 2 aromatic carbocycles. The molecule has 2 atom stereocenters. The third-order valence-corrected chi connectivity index (χ3v) is 6.03. The molecule has 0 aromatic heterocycles. The number of carbonyl (C=O) groups excluding carboxylic acids is 3. The summed E-state index contributed by atoms with van der Waals surface area (Å²) in [6.07, 6.45) is -3.45. The van der Waals surface area contributed by atoms with E-state index in [9.17, 15) is 19.5 Å². The standard InChI is InChI=1S/C28H35N5O8/c1-6-38-25(34)29-32(28(37)41-9-4)33(5,22-18-14-11-15-19-22)24-20-23(21-16-12-10-13-17-21)30(26(35)39-7-2)31(24)27(36)40-8-3/h10-20,24H,6-9H2,1-5H3. The molecule has 3 rings (SSSR count). The Labute approximate surface area is 238 Å². The maximum atomic E-state index is 13.6. The normalized spacial score (nSPS) is 16.4. The summed E-state index contributed by atoms with van der Waals surface area (Å²) in [5, 5.41) is 19.5. The van der Waals surface area contributed by atoms with Crippen LogP contribution in [0.5, 0.6) is 0 Å². The summed E-state index contributed by atoms with van der Waals surface area (Å²) >= 11 is 0. The van der Waals surface area contributed by atoms with Gasteiger partial charge < -0.3 is 24.1 Å². The predicted molar refractivity (Wildman–Crippen MR) is 148 cm³/mol. The number of hydrogen-bond donors (Lipinski definition) is 0. The number of hydrazine groups is 1. The Bertz CT molecular complexity index is 1260. The van der Waals surface area contributed by atoms with Crippen molar-refractivity contribution in [3.05, 3.63) is 72.3 Å². The Morgan fingerprint density at radius 3 is 1.93 bits per heavy atom. The molecule has 1 aliphatic rings. The van der Waals surface area contributed by atoms with E-state index < -0.39 is 35.1 Å². The first kappa shape index (κ1) is 30.8. The molecule has 1 aliphatic heterocycles. The minimum Gasteiger partial charge on any atom is -0.599 e. The average molecular weight is 570 g/mol. The van der Waals surface area contributed by atoms with Gasteiger partial charge in [-0.15, -0.1) is 14.7 Å². The molecule has 0 N–H and O–H groups in total. The van der Waals surface area contributed by atoms with Crippen molar-refractivity contribution >= 4 is 35.7 Å². The second kappa shape index (κ2) is 14.0. The van der Waals surface area contributed by atoms with E-state index in [4.69, 9.17) is 18.9 Å². The molecule has 0 saturated heterocycles. The van der Waals surface area contributed by atoms with Crippen molar-refractivity contribution in [3.63, 3.8) is 0 Å². The molecular weight excluding hydrogens is 534 g/mol. The first-order valence-electron chi connectivity index (χ1n) is 13.2. The maximum absolute atomic E-state index is 13.6. The first-order valence-corrected chi connectivity index (χ1v) is 13.2. The van der Waals surface area contributed by atoms with Crippen molar-refractivity contribution in [3.8, 4) is 0 Å². The summed E-state index contributed by atoms with van der Waals surface area (Å²) in [7, 11) is 1.54. The van der Waals surface area contributed by atoms with Crippen molar-refractivity contribution in [1.29, 1.82) is 0 Å². The molecule has 0 spiro atoms. The third-order valence-electron chi connectivity index (χ3n) is 6.03. The number of hydrogen-bond acceptors (Lipinski definition) is 9. The lowest BCUT2D eigenvalue weighted by molar-refractivity contribution is -0.254. The number of benzene rings is 2. The van der Waals surface area contributed by atoms with Gasteiger partial charge in [-0.05, 0) is 32.5 Å². The van der Waals surface area contributed by atoms with Crippen LogP contribution in [0, 0.1) is 0 Å². The fourth-order valence-corrected chi connectivity index (χ4v) is 4.27. The molecule has 220 valence electrons. The summed E-state index contributed by atoms with van der Waals surface area (Å²) in [5.41, 5.74) is 1.26. The lowest BCUT2D eigenvalue weighted by atomic mass is 10.1. The van der Waals surface area contributed by atoms with Gasteiger partial charge in [0.25, 0.3) is 0 Å². The molecule has 0 radical (unpaired) electrons. The molecule has 13 nitrogen and oxygen atoms in total. The fraction of sp³-hybridized carbons (Fsp3) is 0.357. The van der Waals surface area contributed by atoms with E-state index in [2.05, 4.69) is 5.10 Å². The summed E-state index contributed by atoms with van der Waals surface area (Å²) in [4.78, 5) is 40.5. The minimum absolute atomic E-state index is 0.00111. The predicted octanol–water partition coefficient (Wildman–Crippen LogP) is 3.88. The van der Waals surface area contributed by atoms with Gasteiger partial charge in [0, 0.05) is 23.8 Å². The number of ether oxygens (including phenoxy) is 4. The smallest absolute Gasteiger partial charge is 0.477 e. The van der Waals surface area contributed by atoms with Crippen LogP contribution >= 0.6 is 0 Å². The minimum atomic E-state index is -1.22. The number of hydrazone groups is 1. The lowest BCUT2D eigenvalue weighted by Gasteiger charge is -2.44. The zero-order valence-electron chi connectivity index (χ0n) is 23.8. The number of nitrogens with zero attached hydrogens (tertiary/aromatic N) is 5. The molecule has 3 amide bonds. The Morgan fingerprint density at radius 1 is 0.829 bits per heavy atom. The zero-order chi connectivity index (χ0) is 30.0. The van der Waals surface area contributed by atoms with Crippen LogP contribution in [0.3, 0.4) is 0 Å². The number of rotatable bonds is 9. The number of para-hydroxylation sites is 1. The number of carbonyl (C=O) groups is 3. The van der Waals surface area contributed by atoms with Gasteiger partial charge in [-0.1, -0.05) is 55.5 Å². The maximum Gasteiger partial charge on any atom is 0.477 e. The number of amides is 3. The van der Waals surface area contributed by atoms with Crippen LogP contribution in [-0.4, -0.2) is 79.1 Å². The van der Waals surface area contributed by atoms with E-state index >= 15 is 0 Å². The summed E-state index contributed by atoms with van der Waals surface area (Å²) in [5.74, 6) is 0. The van der Waals surface area contributed by atoms with Gasteiger partial charge in [-0.2, -0.15) is 5.01 Å². The zero-order valence-corrected chi connectivity index (χ0v) is 23.8. The van der Waals surface area contributed by atoms with Crippen LogP contribution in [0.2, 0.25) is 0 Å². The molecule has 0 saturated carbocycles. The van der Waals surface area contributed by atoms with Crippen molar-refractivity contribution in [2.75, 3.05) is 33.5 Å². The van der Waals surface area contributed by atoms with Gasteiger partial charge in [0.15, 0.2) is 11.8 Å².